The lowest BCUT2D eigenvalue weighted by Gasteiger charge is -2.32. The van der Waals surface area contributed by atoms with Gasteiger partial charge in [-0.05, 0) is 63.4 Å². The van der Waals surface area contributed by atoms with E-state index in [-0.39, 0.29) is 11.5 Å². The number of hydrogen-bond donors (Lipinski definition) is 1. The molecule has 0 aliphatic carbocycles. The topological polar surface area (TPSA) is 46.5 Å². The largest absolute Gasteiger partial charge is 0.487 e. The maximum Gasteiger partial charge on any atom is 0.267 e. The summed E-state index contributed by atoms with van der Waals surface area (Å²) in [4.78, 5) is 15.3. The Bertz CT molecular complexity index is 1140. The molecule has 3 heterocycles. The van der Waals surface area contributed by atoms with E-state index >= 15 is 0 Å². The Morgan fingerprint density at radius 2 is 1.91 bits per heavy atom. The maximum atomic E-state index is 12.8. The SMILES string of the molecule is Cn1c(C(=O)NCC2CCN(Cc3cccc4c3OC(C)(C)C4)CC2)cc2ccccc21. The third-order valence-corrected chi connectivity index (χ3v) is 7.01. The highest BCUT2D eigenvalue weighted by molar-refractivity contribution is 5.98. The number of fused-ring (bicyclic) bond motifs is 2. The van der Waals surface area contributed by atoms with Gasteiger partial charge in [0.15, 0.2) is 0 Å². The number of likely N-dealkylation sites (tertiary alicyclic amines) is 1. The summed E-state index contributed by atoms with van der Waals surface area (Å²) in [5.74, 6) is 1.65. The van der Waals surface area contributed by atoms with Crippen LogP contribution in [0.5, 0.6) is 5.75 Å². The van der Waals surface area contributed by atoms with Gasteiger partial charge in [-0.15, -0.1) is 0 Å². The zero-order valence-electron chi connectivity index (χ0n) is 19.4. The van der Waals surface area contributed by atoms with Crippen LogP contribution in [0.25, 0.3) is 10.9 Å². The van der Waals surface area contributed by atoms with Crippen LogP contribution in [0.4, 0.5) is 0 Å². The molecule has 1 aromatic heterocycles. The first-order valence-corrected chi connectivity index (χ1v) is 11.7. The third-order valence-electron chi connectivity index (χ3n) is 7.01. The number of benzene rings is 2. The average molecular weight is 432 g/mol. The van der Waals surface area contributed by atoms with Crippen molar-refractivity contribution in [2.45, 2.75) is 45.3 Å². The van der Waals surface area contributed by atoms with Crippen LogP contribution in [0, 0.1) is 5.92 Å². The van der Waals surface area contributed by atoms with Crippen molar-refractivity contribution in [3.05, 3.63) is 65.4 Å². The van der Waals surface area contributed by atoms with Gasteiger partial charge in [-0.25, -0.2) is 0 Å². The molecule has 1 amide bonds. The van der Waals surface area contributed by atoms with E-state index in [1.54, 1.807) is 0 Å². The van der Waals surface area contributed by atoms with Gasteiger partial charge in [-0.3, -0.25) is 9.69 Å². The summed E-state index contributed by atoms with van der Waals surface area (Å²) in [5.41, 5.74) is 4.35. The number of aromatic nitrogens is 1. The van der Waals surface area contributed by atoms with E-state index in [2.05, 4.69) is 54.4 Å². The molecule has 2 aliphatic heterocycles. The second-order valence-electron chi connectivity index (χ2n) is 10.0. The molecule has 168 valence electrons. The monoisotopic (exact) mass is 431 g/mol. The number of ether oxygens (including phenoxy) is 1. The molecular weight excluding hydrogens is 398 g/mol. The molecule has 0 spiro atoms. The molecule has 2 aromatic carbocycles. The number of rotatable bonds is 5. The standard InChI is InChI=1S/C27H33N3O2/c1-27(2)16-21-8-6-9-22(25(21)32-27)18-30-13-11-19(12-14-30)17-28-26(31)24-15-20-7-4-5-10-23(20)29(24)3/h4-10,15,19H,11-14,16-18H2,1-3H3,(H,28,31). The summed E-state index contributed by atoms with van der Waals surface area (Å²) in [6.07, 6.45) is 3.20. The smallest absolute Gasteiger partial charge is 0.267 e. The van der Waals surface area contributed by atoms with E-state index in [1.807, 2.05) is 29.8 Å². The van der Waals surface area contributed by atoms with Crippen molar-refractivity contribution in [1.82, 2.24) is 14.8 Å². The van der Waals surface area contributed by atoms with Gasteiger partial charge in [0.25, 0.3) is 5.91 Å². The molecule has 0 unspecified atom stereocenters. The molecule has 0 bridgehead atoms. The van der Waals surface area contributed by atoms with Crippen LogP contribution < -0.4 is 10.1 Å². The Balaban J connectivity index is 1.14. The zero-order chi connectivity index (χ0) is 22.3. The molecule has 3 aromatic rings. The molecule has 32 heavy (non-hydrogen) atoms. The third kappa shape index (κ3) is 4.14. The lowest BCUT2D eigenvalue weighted by atomic mass is 9.96. The highest BCUT2D eigenvalue weighted by Gasteiger charge is 2.32. The normalized spacial score (nSPS) is 18.5. The lowest BCUT2D eigenvalue weighted by Crippen LogP contribution is -2.38. The van der Waals surface area contributed by atoms with Gasteiger partial charge in [0.2, 0.25) is 0 Å². The number of carbonyl (C=O) groups excluding carboxylic acids is 1. The predicted molar refractivity (Wildman–Crippen MR) is 128 cm³/mol. The van der Waals surface area contributed by atoms with Gasteiger partial charge in [0.05, 0.1) is 0 Å². The van der Waals surface area contributed by atoms with Crippen molar-refractivity contribution in [2.24, 2.45) is 13.0 Å². The fraction of sp³-hybridized carbons (Fsp3) is 0.444. The summed E-state index contributed by atoms with van der Waals surface area (Å²) in [6.45, 7) is 8.12. The predicted octanol–water partition coefficient (Wildman–Crippen LogP) is 4.53. The van der Waals surface area contributed by atoms with Crippen LogP contribution in [0.3, 0.4) is 0 Å². The van der Waals surface area contributed by atoms with Gasteiger partial charge in [-0.1, -0.05) is 36.4 Å². The van der Waals surface area contributed by atoms with Crippen molar-refractivity contribution in [3.63, 3.8) is 0 Å². The molecule has 1 fully saturated rings. The maximum absolute atomic E-state index is 12.8. The first kappa shape index (κ1) is 21.1. The van der Waals surface area contributed by atoms with Gasteiger partial charge < -0.3 is 14.6 Å². The Hall–Kier alpha value is -2.79. The molecule has 2 aliphatic rings. The van der Waals surface area contributed by atoms with Crippen LogP contribution in [-0.4, -0.2) is 40.6 Å². The average Bonchev–Trinajstić information content (AvgIpc) is 3.29. The number of aryl methyl sites for hydroxylation is 1. The number of nitrogens with one attached hydrogen (secondary N) is 1. The Kier molecular flexibility index (Phi) is 5.46. The second-order valence-corrected chi connectivity index (χ2v) is 10.0. The van der Waals surface area contributed by atoms with Crippen LogP contribution in [-0.2, 0) is 20.0 Å². The van der Waals surface area contributed by atoms with Crippen LogP contribution in [0.2, 0.25) is 0 Å². The Labute approximate surface area is 190 Å². The minimum absolute atomic E-state index is 0.0192. The molecule has 1 N–H and O–H groups in total. The minimum atomic E-state index is -0.103. The number of nitrogens with zero attached hydrogens (tertiary/aromatic N) is 2. The first-order valence-electron chi connectivity index (χ1n) is 11.7. The zero-order valence-corrected chi connectivity index (χ0v) is 19.4. The van der Waals surface area contributed by atoms with E-state index in [0.717, 1.165) is 67.8 Å². The van der Waals surface area contributed by atoms with Crippen LogP contribution in [0.1, 0.15) is 48.3 Å². The molecule has 1 saturated heterocycles. The molecular formula is C27H33N3O2. The fourth-order valence-electron chi connectivity index (χ4n) is 5.23. The lowest BCUT2D eigenvalue weighted by molar-refractivity contribution is 0.0926. The van der Waals surface area contributed by atoms with E-state index in [1.165, 1.54) is 11.1 Å². The van der Waals surface area contributed by atoms with Crippen molar-refractivity contribution in [3.8, 4) is 5.75 Å². The summed E-state index contributed by atoms with van der Waals surface area (Å²) in [7, 11) is 1.96. The van der Waals surface area contributed by atoms with Crippen molar-refractivity contribution < 1.29 is 9.53 Å². The Morgan fingerprint density at radius 1 is 1.12 bits per heavy atom. The van der Waals surface area contributed by atoms with E-state index in [4.69, 9.17) is 4.74 Å². The summed E-state index contributed by atoms with van der Waals surface area (Å²) in [5, 5.41) is 4.28. The number of para-hydroxylation sites is 2. The van der Waals surface area contributed by atoms with Gasteiger partial charge in [0.1, 0.15) is 17.0 Å². The van der Waals surface area contributed by atoms with E-state index < -0.39 is 0 Å². The van der Waals surface area contributed by atoms with Gasteiger partial charge in [-0.2, -0.15) is 0 Å². The first-order chi connectivity index (χ1) is 15.4. The molecule has 0 saturated carbocycles. The summed E-state index contributed by atoms with van der Waals surface area (Å²) >= 11 is 0. The number of piperidine rings is 1. The van der Waals surface area contributed by atoms with Gasteiger partial charge in [0, 0.05) is 43.0 Å². The van der Waals surface area contributed by atoms with E-state index in [9.17, 15) is 4.79 Å². The van der Waals surface area contributed by atoms with Crippen molar-refractivity contribution in [2.75, 3.05) is 19.6 Å². The molecule has 5 heteroatoms. The quantitative estimate of drug-likeness (QED) is 0.645. The molecule has 5 rings (SSSR count). The molecule has 0 atom stereocenters. The molecule has 0 radical (unpaired) electrons. The van der Waals surface area contributed by atoms with Gasteiger partial charge >= 0.3 is 0 Å². The summed E-state index contributed by atoms with van der Waals surface area (Å²) in [6, 6.07) is 16.7. The highest BCUT2D eigenvalue weighted by atomic mass is 16.5. The van der Waals surface area contributed by atoms with Crippen LogP contribution >= 0.6 is 0 Å². The highest BCUT2D eigenvalue weighted by Crippen LogP contribution is 2.38. The second kappa shape index (κ2) is 8.28. The molecule has 5 nitrogen and oxygen atoms in total. The Morgan fingerprint density at radius 3 is 2.69 bits per heavy atom. The number of amides is 1. The minimum Gasteiger partial charge on any atom is -0.487 e. The summed E-state index contributed by atoms with van der Waals surface area (Å²) < 4.78 is 8.23. The fourth-order valence-corrected chi connectivity index (χ4v) is 5.23. The van der Waals surface area contributed by atoms with Crippen molar-refractivity contribution >= 4 is 16.8 Å². The van der Waals surface area contributed by atoms with Crippen LogP contribution in [0.15, 0.2) is 48.5 Å². The van der Waals surface area contributed by atoms with E-state index in [0.29, 0.717) is 5.92 Å². The number of hydrogen-bond acceptors (Lipinski definition) is 3. The van der Waals surface area contributed by atoms with Crippen molar-refractivity contribution in [1.29, 1.82) is 0 Å². The number of carbonyl (C=O) groups is 1.